The highest BCUT2D eigenvalue weighted by Gasteiger charge is 2.24. The van der Waals surface area contributed by atoms with E-state index in [4.69, 9.17) is 4.74 Å². The van der Waals surface area contributed by atoms with Gasteiger partial charge in [-0.3, -0.25) is 4.79 Å². The van der Waals surface area contributed by atoms with Crippen LogP contribution in [0.15, 0.2) is 60.7 Å². The summed E-state index contributed by atoms with van der Waals surface area (Å²) < 4.78 is 9.23. The number of hydrogen-bond acceptors (Lipinski definition) is 3. The molecule has 0 aliphatic heterocycles. The summed E-state index contributed by atoms with van der Waals surface area (Å²) in [5.74, 6) is 0.464. The van der Waals surface area contributed by atoms with Gasteiger partial charge in [0.1, 0.15) is 0 Å². The predicted octanol–water partition coefficient (Wildman–Crippen LogP) is 4.23. The van der Waals surface area contributed by atoms with Gasteiger partial charge in [-0.05, 0) is 37.4 Å². The molecule has 1 N–H and O–H groups in total. The van der Waals surface area contributed by atoms with E-state index in [9.17, 15) is 9.59 Å². The van der Waals surface area contributed by atoms with E-state index in [1.165, 1.54) is 0 Å². The van der Waals surface area contributed by atoms with Crippen LogP contribution in [0.1, 0.15) is 30.0 Å². The molecule has 6 nitrogen and oxygen atoms in total. The lowest BCUT2D eigenvalue weighted by Gasteiger charge is -2.08. The number of carbonyl (C=O) groups excluding carboxylic acids is 2. The van der Waals surface area contributed by atoms with Crippen LogP contribution in [0.25, 0.3) is 21.8 Å². The third-order valence-corrected chi connectivity index (χ3v) is 5.53. The van der Waals surface area contributed by atoms with Crippen molar-refractivity contribution in [3.8, 4) is 0 Å². The van der Waals surface area contributed by atoms with Crippen LogP contribution in [0.5, 0.6) is 0 Å². The van der Waals surface area contributed by atoms with Crippen molar-refractivity contribution in [3.63, 3.8) is 0 Å². The van der Waals surface area contributed by atoms with Gasteiger partial charge in [-0.15, -0.1) is 0 Å². The van der Waals surface area contributed by atoms with Gasteiger partial charge in [-0.25, -0.2) is 13.9 Å². The van der Waals surface area contributed by atoms with Gasteiger partial charge in [-0.2, -0.15) is 0 Å². The van der Waals surface area contributed by atoms with Crippen LogP contribution in [0, 0.1) is 6.92 Å². The second-order valence-electron chi connectivity index (χ2n) is 7.38. The van der Waals surface area contributed by atoms with Crippen molar-refractivity contribution in [2.45, 2.75) is 33.9 Å². The minimum atomic E-state index is -0.363. The molecule has 0 aliphatic carbocycles. The first-order valence-electron chi connectivity index (χ1n) is 10.5. The highest BCUT2D eigenvalue weighted by Crippen LogP contribution is 2.23. The topological polar surface area (TPSA) is 64.2 Å². The smallest absolute Gasteiger partial charge is 0.338 e. The Balaban J connectivity index is 1.69. The van der Waals surface area contributed by atoms with Crippen molar-refractivity contribution in [2.24, 2.45) is 0 Å². The second kappa shape index (κ2) is 8.60. The van der Waals surface area contributed by atoms with Crippen molar-refractivity contribution in [3.05, 3.63) is 72.1 Å². The maximum absolute atomic E-state index is 13.0. The fourth-order valence-corrected chi connectivity index (χ4v) is 4.07. The maximum atomic E-state index is 13.0. The first-order chi connectivity index (χ1) is 15.0. The zero-order valence-corrected chi connectivity index (χ0v) is 18.0. The van der Waals surface area contributed by atoms with Gasteiger partial charge < -0.3 is 10.1 Å². The highest BCUT2D eigenvalue weighted by atomic mass is 16.5. The number of ether oxygens (including phenoxy) is 1. The minimum absolute atomic E-state index is 0.124. The summed E-state index contributed by atoms with van der Waals surface area (Å²) >= 11 is 0. The molecule has 3 aromatic carbocycles. The molecule has 0 unspecified atom stereocenters. The van der Waals surface area contributed by atoms with Crippen LogP contribution in [-0.4, -0.2) is 23.1 Å². The van der Waals surface area contributed by atoms with Crippen LogP contribution < -0.4 is 9.88 Å². The first-order valence-corrected chi connectivity index (χ1v) is 10.5. The zero-order chi connectivity index (χ0) is 22.0. The Morgan fingerprint density at radius 2 is 1.81 bits per heavy atom. The first kappa shape index (κ1) is 20.6. The van der Waals surface area contributed by atoms with E-state index in [0.29, 0.717) is 12.2 Å². The summed E-state index contributed by atoms with van der Waals surface area (Å²) in [7, 11) is 0. The molecular formula is C25H26N3O3+. The molecule has 0 aliphatic rings. The van der Waals surface area contributed by atoms with E-state index >= 15 is 0 Å². The van der Waals surface area contributed by atoms with Crippen LogP contribution in [0.2, 0.25) is 0 Å². The van der Waals surface area contributed by atoms with Crippen molar-refractivity contribution in [1.82, 2.24) is 4.57 Å². The number of carbonyl (C=O) groups is 2. The lowest BCUT2D eigenvalue weighted by molar-refractivity contribution is -0.674. The summed E-state index contributed by atoms with van der Waals surface area (Å²) in [6, 6.07) is 19.3. The number of amides is 1. The zero-order valence-electron chi connectivity index (χ0n) is 18.0. The van der Waals surface area contributed by atoms with Crippen molar-refractivity contribution in [1.29, 1.82) is 0 Å². The summed E-state index contributed by atoms with van der Waals surface area (Å²) in [6.07, 6.45) is 0. The molecule has 0 saturated carbocycles. The number of nitrogens with zero attached hydrogens (tertiary/aromatic N) is 2. The fraction of sp³-hybridized carbons (Fsp3) is 0.240. The van der Waals surface area contributed by atoms with E-state index in [1.807, 2.05) is 60.0 Å². The minimum Gasteiger partial charge on any atom is -0.462 e. The third kappa shape index (κ3) is 3.89. The molecule has 0 saturated heterocycles. The number of nitrogens with one attached hydrogen (secondary N) is 1. The molecule has 0 fully saturated rings. The van der Waals surface area contributed by atoms with Gasteiger partial charge in [0, 0.05) is 24.1 Å². The maximum Gasteiger partial charge on any atom is 0.338 e. The van der Waals surface area contributed by atoms with Crippen LogP contribution >= 0.6 is 0 Å². The lowest BCUT2D eigenvalue weighted by Crippen LogP contribution is -2.35. The van der Waals surface area contributed by atoms with Crippen molar-refractivity contribution < 1.29 is 18.9 Å². The highest BCUT2D eigenvalue weighted by molar-refractivity contribution is 6.02. The van der Waals surface area contributed by atoms with Gasteiger partial charge in [-0.1, -0.05) is 36.4 Å². The molecule has 6 heteroatoms. The summed E-state index contributed by atoms with van der Waals surface area (Å²) in [6.45, 7) is 7.06. The summed E-state index contributed by atoms with van der Waals surface area (Å²) in [5, 5.41) is 5.13. The monoisotopic (exact) mass is 416 g/mol. The molecule has 0 radical (unpaired) electrons. The molecule has 0 spiro atoms. The standard InChI is InChI=1S/C25H25N3O3/c1-4-27-17(3)28(23-15-19(13-14-22(23)27)25(30)31-5-2)16-24(29)26-21-12-8-10-18-9-6-7-11-20(18)21/h6-15H,4-5,16H2,1-3H3/p+1. The number of benzene rings is 3. The molecule has 31 heavy (non-hydrogen) atoms. The number of fused-ring (bicyclic) bond motifs is 2. The third-order valence-electron chi connectivity index (χ3n) is 5.53. The average Bonchev–Trinajstić information content (AvgIpc) is 3.04. The van der Waals surface area contributed by atoms with Gasteiger partial charge in [0.2, 0.25) is 0 Å². The molecule has 4 rings (SSSR count). The molecule has 0 atom stereocenters. The number of esters is 1. The molecule has 158 valence electrons. The Morgan fingerprint density at radius 3 is 2.58 bits per heavy atom. The fourth-order valence-electron chi connectivity index (χ4n) is 4.07. The van der Waals surface area contributed by atoms with Crippen LogP contribution in [-0.2, 0) is 22.6 Å². The number of hydrogen-bond donors (Lipinski definition) is 1. The number of anilines is 1. The Labute approximate surface area is 181 Å². The Morgan fingerprint density at radius 1 is 1.03 bits per heavy atom. The normalized spacial score (nSPS) is 11.1. The summed E-state index contributed by atoms with van der Waals surface area (Å²) in [4.78, 5) is 25.2. The average molecular weight is 417 g/mol. The number of rotatable bonds is 6. The molecular weight excluding hydrogens is 390 g/mol. The van der Waals surface area contributed by atoms with Crippen LogP contribution in [0.3, 0.4) is 0 Å². The largest absolute Gasteiger partial charge is 0.462 e. The molecule has 1 aromatic heterocycles. The summed E-state index contributed by atoms with van der Waals surface area (Å²) in [5.41, 5.74) is 3.07. The SMILES string of the molecule is CCOC(=O)c1ccc2c(c1)n(CC(=O)Nc1cccc3ccccc13)c(C)[n+]2CC. The van der Waals surface area contributed by atoms with Crippen LogP contribution in [0.4, 0.5) is 5.69 Å². The number of imidazole rings is 1. The van der Waals surface area contributed by atoms with Crippen molar-refractivity contribution in [2.75, 3.05) is 11.9 Å². The number of aromatic nitrogens is 2. The number of aryl methyl sites for hydroxylation is 1. The quantitative estimate of drug-likeness (QED) is 0.378. The Hall–Kier alpha value is -3.67. The molecule has 1 heterocycles. The molecule has 0 bridgehead atoms. The predicted molar refractivity (Wildman–Crippen MR) is 121 cm³/mol. The van der Waals surface area contributed by atoms with E-state index in [1.54, 1.807) is 19.1 Å². The van der Waals surface area contributed by atoms with Gasteiger partial charge >= 0.3 is 5.97 Å². The van der Waals surface area contributed by atoms with Gasteiger partial charge in [0.15, 0.2) is 17.6 Å². The molecule has 1 amide bonds. The van der Waals surface area contributed by atoms with E-state index < -0.39 is 0 Å². The van der Waals surface area contributed by atoms with Crippen molar-refractivity contribution >= 4 is 39.4 Å². The second-order valence-corrected chi connectivity index (χ2v) is 7.38. The van der Waals surface area contributed by atoms with E-state index in [-0.39, 0.29) is 18.4 Å². The van der Waals surface area contributed by atoms with E-state index in [2.05, 4.69) is 16.8 Å². The molecule has 4 aromatic rings. The van der Waals surface area contributed by atoms with Gasteiger partial charge in [0.05, 0.1) is 18.7 Å². The van der Waals surface area contributed by atoms with E-state index in [0.717, 1.165) is 39.9 Å². The Bertz CT molecular complexity index is 1280. The lowest BCUT2D eigenvalue weighted by atomic mass is 10.1. The Kier molecular flexibility index (Phi) is 5.71. The van der Waals surface area contributed by atoms with Gasteiger partial charge in [0.25, 0.3) is 11.7 Å².